The minimum atomic E-state index is -0.481. The molecule has 1 aliphatic rings. The van der Waals surface area contributed by atoms with Crippen molar-refractivity contribution in [2.24, 2.45) is 5.92 Å². The zero-order valence-electron chi connectivity index (χ0n) is 10.3. The lowest BCUT2D eigenvalue weighted by molar-refractivity contribution is -0.152. The molecule has 1 heterocycles. The average molecular weight is 254 g/mol. The van der Waals surface area contributed by atoms with Crippen LogP contribution in [-0.2, 0) is 23.8 Å². The van der Waals surface area contributed by atoms with E-state index in [1.807, 2.05) is 0 Å². The molecule has 0 aromatic heterocycles. The van der Waals surface area contributed by atoms with Gasteiger partial charge in [-0.25, -0.2) is 9.59 Å². The molecule has 5 heteroatoms. The molecule has 1 fully saturated rings. The van der Waals surface area contributed by atoms with Gasteiger partial charge in [-0.2, -0.15) is 0 Å². The largest absolute Gasteiger partial charge is 0.462 e. The van der Waals surface area contributed by atoms with Crippen molar-refractivity contribution >= 4 is 11.9 Å². The summed E-state index contributed by atoms with van der Waals surface area (Å²) in [5.41, 5.74) is 0. The molecule has 0 bridgehead atoms. The van der Waals surface area contributed by atoms with E-state index in [-0.39, 0.29) is 25.2 Å². The Kier molecular flexibility index (Phi) is 6.14. The molecule has 2 atom stereocenters. The zero-order chi connectivity index (χ0) is 13.4. The molecule has 100 valence electrons. The van der Waals surface area contributed by atoms with Crippen molar-refractivity contribution in [1.29, 1.82) is 0 Å². The SMILES string of the molecule is C=CC(=O)OCC1CCCOC1COC(=O)C=C. The molecule has 0 amide bonds. The first-order chi connectivity index (χ1) is 8.67. The van der Waals surface area contributed by atoms with Gasteiger partial charge in [-0.3, -0.25) is 0 Å². The molecule has 1 aliphatic heterocycles. The summed E-state index contributed by atoms with van der Waals surface area (Å²) in [7, 11) is 0. The van der Waals surface area contributed by atoms with Crippen molar-refractivity contribution < 1.29 is 23.8 Å². The first-order valence-electron chi connectivity index (χ1n) is 5.87. The van der Waals surface area contributed by atoms with E-state index in [1.165, 1.54) is 0 Å². The monoisotopic (exact) mass is 254 g/mol. The van der Waals surface area contributed by atoms with Gasteiger partial charge in [-0.05, 0) is 12.8 Å². The van der Waals surface area contributed by atoms with Crippen LogP contribution in [0.2, 0.25) is 0 Å². The second-order valence-corrected chi connectivity index (χ2v) is 3.98. The van der Waals surface area contributed by atoms with Gasteiger partial charge in [0.15, 0.2) is 0 Å². The molecule has 0 aromatic rings. The van der Waals surface area contributed by atoms with Crippen LogP contribution in [0.1, 0.15) is 12.8 Å². The highest BCUT2D eigenvalue weighted by molar-refractivity contribution is 5.81. The summed E-state index contributed by atoms with van der Waals surface area (Å²) < 4.78 is 15.5. The molecule has 1 saturated heterocycles. The molecular weight excluding hydrogens is 236 g/mol. The van der Waals surface area contributed by atoms with E-state index in [0.717, 1.165) is 25.0 Å². The van der Waals surface area contributed by atoms with Crippen LogP contribution in [0.3, 0.4) is 0 Å². The molecule has 5 nitrogen and oxygen atoms in total. The number of hydrogen-bond donors (Lipinski definition) is 0. The van der Waals surface area contributed by atoms with E-state index >= 15 is 0 Å². The van der Waals surface area contributed by atoms with E-state index < -0.39 is 11.9 Å². The fourth-order valence-electron chi connectivity index (χ4n) is 1.75. The van der Waals surface area contributed by atoms with Crippen molar-refractivity contribution in [3.05, 3.63) is 25.3 Å². The number of hydrogen-bond acceptors (Lipinski definition) is 5. The predicted molar refractivity (Wildman–Crippen MR) is 64.8 cm³/mol. The molecule has 0 N–H and O–H groups in total. The Morgan fingerprint density at radius 3 is 2.39 bits per heavy atom. The van der Waals surface area contributed by atoms with Gasteiger partial charge in [0, 0.05) is 24.7 Å². The number of carbonyl (C=O) groups is 2. The van der Waals surface area contributed by atoms with E-state index in [0.29, 0.717) is 6.61 Å². The fraction of sp³-hybridized carbons (Fsp3) is 0.538. The van der Waals surface area contributed by atoms with E-state index in [4.69, 9.17) is 14.2 Å². The van der Waals surface area contributed by atoms with Gasteiger partial charge in [0.05, 0.1) is 12.7 Å². The minimum absolute atomic E-state index is 0.0419. The van der Waals surface area contributed by atoms with E-state index in [9.17, 15) is 9.59 Å². The van der Waals surface area contributed by atoms with Crippen LogP contribution in [0.25, 0.3) is 0 Å². The van der Waals surface area contributed by atoms with Gasteiger partial charge in [0.2, 0.25) is 0 Å². The third kappa shape index (κ3) is 4.71. The van der Waals surface area contributed by atoms with Crippen LogP contribution in [0, 0.1) is 5.92 Å². The highest BCUT2D eigenvalue weighted by atomic mass is 16.6. The maximum atomic E-state index is 11.0. The Morgan fingerprint density at radius 2 is 1.78 bits per heavy atom. The predicted octanol–water partition coefficient (Wildman–Crippen LogP) is 1.24. The topological polar surface area (TPSA) is 61.8 Å². The lowest BCUT2D eigenvalue weighted by Gasteiger charge is -2.30. The van der Waals surface area contributed by atoms with Crippen molar-refractivity contribution in [3.63, 3.8) is 0 Å². The second-order valence-electron chi connectivity index (χ2n) is 3.98. The summed E-state index contributed by atoms with van der Waals surface area (Å²) in [5.74, 6) is -0.895. The molecule has 1 rings (SSSR count). The van der Waals surface area contributed by atoms with Gasteiger partial charge in [-0.1, -0.05) is 13.2 Å². The van der Waals surface area contributed by atoms with Crippen LogP contribution < -0.4 is 0 Å². The van der Waals surface area contributed by atoms with Crippen molar-refractivity contribution in [2.45, 2.75) is 18.9 Å². The number of carbonyl (C=O) groups excluding carboxylic acids is 2. The Hall–Kier alpha value is -1.62. The summed E-state index contributed by atoms with van der Waals surface area (Å²) in [6, 6.07) is 0. The Morgan fingerprint density at radius 1 is 1.17 bits per heavy atom. The highest BCUT2D eigenvalue weighted by Crippen LogP contribution is 2.21. The lowest BCUT2D eigenvalue weighted by Crippen LogP contribution is -2.37. The Bertz CT molecular complexity index is 291. The molecule has 0 saturated carbocycles. The summed E-state index contributed by atoms with van der Waals surface area (Å²) >= 11 is 0. The number of esters is 2. The van der Waals surface area contributed by atoms with Crippen LogP contribution in [-0.4, -0.2) is 37.9 Å². The number of ether oxygens (including phenoxy) is 3. The maximum Gasteiger partial charge on any atom is 0.330 e. The second kappa shape index (κ2) is 7.66. The maximum absolute atomic E-state index is 11.0. The van der Waals surface area contributed by atoms with Gasteiger partial charge in [0.25, 0.3) is 0 Å². The third-order valence-corrected chi connectivity index (χ3v) is 2.74. The van der Waals surface area contributed by atoms with Gasteiger partial charge in [0.1, 0.15) is 6.61 Å². The quantitative estimate of drug-likeness (QED) is 0.527. The number of rotatable bonds is 6. The normalized spacial score (nSPS) is 22.9. The Balaban J connectivity index is 2.41. The van der Waals surface area contributed by atoms with Crippen molar-refractivity contribution in [1.82, 2.24) is 0 Å². The molecule has 0 aliphatic carbocycles. The van der Waals surface area contributed by atoms with E-state index in [2.05, 4.69) is 13.2 Å². The van der Waals surface area contributed by atoms with Crippen LogP contribution in [0.4, 0.5) is 0 Å². The Labute approximate surface area is 106 Å². The summed E-state index contributed by atoms with van der Waals surface area (Å²) in [5, 5.41) is 0. The fourth-order valence-corrected chi connectivity index (χ4v) is 1.75. The molecule has 0 spiro atoms. The summed E-state index contributed by atoms with van der Waals surface area (Å²) in [4.78, 5) is 22.0. The highest BCUT2D eigenvalue weighted by Gasteiger charge is 2.28. The summed E-state index contributed by atoms with van der Waals surface area (Å²) in [6.45, 7) is 7.68. The standard InChI is InChI=1S/C13H18O5/c1-3-12(14)17-8-10-6-5-7-16-11(10)9-18-13(15)4-2/h3-4,10-11H,1-2,5-9H2. The summed E-state index contributed by atoms with van der Waals surface area (Å²) in [6.07, 6.45) is 3.77. The first-order valence-corrected chi connectivity index (χ1v) is 5.87. The van der Waals surface area contributed by atoms with Crippen LogP contribution in [0.5, 0.6) is 0 Å². The van der Waals surface area contributed by atoms with Crippen LogP contribution >= 0.6 is 0 Å². The van der Waals surface area contributed by atoms with Crippen molar-refractivity contribution in [2.75, 3.05) is 19.8 Å². The third-order valence-electron chi connectivity index (χ3n) is 2.74. The van der Waals surface area contributed by atoms with Gasteiger partial charge < -0.3 is 14.2 Å². The van der Waals surface area contributed by atoms with E-state index in [1.54, 1.807) is 0 Å². The van der Waals surface area contributed by atoms with Gasteiger partial charge >= 0.3 is 11.9 Å². The first kappa shape index (κ1) is 14.4. The van der Waals surface area contributed by atoms with Gasteiger partial charge in [-0.15, -0.1) is 0 Å². The smallest absolute Gasteiger partial charge is 0.330 e. The zero-order valence-corrected chi connectivity index (χ0v) is 10.3. The lowest BCUT2D eigenvalue weighted by atomic mass is 9.95. The average Bonchev–Trinajstić information content (AvgIpc) is 2.42. The van der Waals surface area contributed by atoms with Crippen molar-refractivity contribution in [3.8, 4) is 0 Å². The molecule has 18 heavy (non-hydrogen) atoms. The molecule has 0 radical (unpaired) electrons. The van der Waals surface area contributed by atoms with Crippen LogP contribution in [0.15, 0.2) is 25.3 Å². The molecule has 0 aromatic carbocycles. The minimum Gasteiger partial charge on any atom is -0.462 e. The molecule has 2 unspecified atom stereocenters. The molecular formula is C13H18O5.